The lowest BCUT2D eigenvalue weighted by atomic mass is 9.85. The summed E-state index contributed by atoms with van der Waals surface area (Å²) >= 11 is 3.47. The fourth-order valence-electron chi connectivity index (χ4n) is 5.89. The Morgan fingerprint density at radius 1 is 1.06 bits per heavy atom. The van der Waals surface area contributed by atoms with Crippen LogP contribution in [0, 0.1) is 23.7 Å². The van der Waals surface area contributed by atoms with Gasteiger partial charge in [-0.05, 0) is 60.6 Å². The van der Waals surface area contributed by atoms with Gasteiger partial charge in [0.25, 0.3) is 0 Å². The molecule has 7 heteroatoms. The van der Waals surface area contributed by atoms with Crippen LogP contribution in [0.4, 0.5) is 5.69 Å². The number of amides is 2. The Kier molecular flexibility index (Phi) is 4.74. The smallest absolute Gasteiger partial charge is 0.336 e. The van der Waals surface area contributed by atoms with Crippen LogP contribution in [0.3, 0.4) is 0 Å². The number of carbonyl (C=O) groups excluding carboxylic acids is 2. The zero-order chi connectivity index (χ0) is 23.7. The minimum atomic E-state index is -1.02. The predicted octanol–water partition coefficient (Wildman–Crippen LogP) is 5.24. The number of anilines is 1. The van der Waals surface area contributed by atoms with Crippen molar-refractivity contribution in [1.29, 1.82) is 0 Å². The van der Waals surface area contributed by atoms with Crippen molar-refractivity contribution < 1.29 is 19.5 Å². The highest BCUT2D eigenvalue weighted by Crippen LogP contribution is 2.53. The van der Waals surface area contributed by atoms with Gasteiger partial charge in [-0.25, -0.2) is 9.78 Å². The lowest BCUT2D eigenvalue weighted by molar-refractivity contribution is -0.123. The number of aromatic nitrogens is 1. The first-order valence-corrected chi connectivity index (χ1v) is 12.2. The molecule has 6 nitrogen and oxygen atoms in total. The highest BCUT2D eigenvalue weighted by atomic mass is 79.9. The average molecular weight is 517 g/mol. The largest absolute Gasteiger partial charge is 0.478 e. The number of hydrogen-bond acceptors (Lipinski definition) is 4. The van der Waals surface area contributed by atoms with Crippen LogP contribution in [0.2, 0.25) is 0 Å². The quantitative estimate of drug-likeness (QED) is 0.378. The average Bonchev–Trinajstić information content (AvgIpc) is 3.51. The number of benzene rings is 2. The molecule has 4 atom stereocenters. The molecular formula is C27H21BrN2O4. The van der Waals surface area contributed by atoms with Crippen molar-refractivity contribution in [2.75, 3.05) is 4.90 Å². The van der Waals surface area contributed by atoms with Gasteiger partial charge < -0.3 is 5.11 Å². The van der Waals surface area contributed by atoms with Crippen LogP contribution in [-0.2, 0) is 16.0 Å². The van der Waals surface area contributed by atoms with Crippen molar-refractivity contribution in [3.05, 3.63) is 70.2 Å². The van der Waals surface area contributed by atoms with Gasteiger partial charge in [-0.15, -0.1) is 0 Å². The Morgan fingerprint density at radius 3 is 2.29 bits per heavy atom. The molecule has 3 aromatic rings. The normalized spacial score (nSPS) is 24.9. The number of carbonyl (C=O) groups is 3. The molecule has 2 bridgehead atoms. The van der Waals surface area contributed by atoms with E-state index in [-0.39, 0.29) is 41.0 Å². The molecule has 2 heterocycles. The van der Waals surface area contributed by atoms with Crippen molar-refractivity contribution in [3.8, 4) is 11.3 Å². The summed E-state index contributed by atoms with van der Waals surface area (Å²) in [6.07, 6.45) is 5.77. The first-order chi connectivity index (χ1) is 16.4. The van der Waals surface area contributed by atoms with E-state index in [2.05, 4.69) is 28.1 Å². The summed E-state index contributed by atoms with van der Waals surface area (Å²) in [7, 11) is 0. The van der Waals surface area contributed by atoms with Crippen LogP contribution in [0.15, 0.2) is 59.1 Å². The Bertz CT molecular complexity index is 1400. The Labute approximate surface area is 204 Å². The van der Waals surface area contributed by atoms with Crippen molar-refractivity contribution in [1.82, 2.24) is 4.98 Å². The van der Waals surface area contributed by atoms with Crippen molar-refractivity contribution >= 4 is 50.3 Å². The lowest BCUT2D eigenvalue weighted by Gasteiger charge is -2.18. The summed E-state index contributed by atoms with van der Waals surface area (Å²) in [6, 6.07) is 12.4. The van der Waals surface area contributed by atoms with Gasteiger partial charge in [-0.1, -0.05) is 47.1 Å². The third kappa shape index (κ3) is 2.99. The Balaban J connectivity index is 1.39. The third-order valence-corrected chi connectivity index (χ3v) is 7.92. The molecule has 170 valence electrons. The molecule has 0 radical (unpaired) electrons. The van der Waals surface area contributed by atoms with E-state index in [1.165, 1.54) is 4.90 Å². The second-order valence-corrected chi connectivity index (χ2v) is 10.1. The minimum Gasteiger partial charge on any atom is -0.478 e. The number of nitrogens with zero attached hydrogens (tertiary/aromatic N) is 2. The van der Waals surface area contributed by atoms with Crippen molar-refractivity contribution in [3.63, 3.8) is 0 Å². The van der Waals surface area contributed by atoms with E-state index < -0.39 is 5.97 Å². The van der Waals surface area contributed by atoms with Crippen molar-refractivity contribution in [2.24, 2.45) is 23.7 Å². The second-order valence-electron chi connectivity index (χ2n) is 9.23. The number of pyridine rings is 1. The molecule has 3 aliphatic rings. The highest BCUT2D eigenvalue weighted by molar-refractivity contribution is 9.10. The SMILES string of the molecule is CCc1cc(Br)cc2c(C(=O)O)cc(-c3ccc(N4C(=O)C5C6C=CC(C6)C5C4=O)cc3)nc12. The van der Waals surface area contributed by atoms with Gasteiger partial charge in [0.05, 0.1) is 34.3 Å². The van der Waals surface area contributed by atoms with Crippen LogP contribution < -0.4 is 4.90 Å². The van der Waals surface area contributed by atoms with Crippen LogP contribution >= 0.6 is 15.9 Å². The summed E-state index contributed by atoms with van der Waals surface area (Å²) in [5.41, 5.74) is 3.59. The summed E-state index contributed by atoms with van der Waals surface area (Å²) in [5, 5.41) is 10.4. The number of imide groups is 1. The molecule has 0 spiro atoms. The van der Waals surface area contributed by atoms with E-state index in [1.807, 2.05) is 13.0 Å². The molecule has 1 aromatic heterocycles. The zero-order valence-corrected chi connectivity index (χ0v) is 20.0. The van der Waals surface area contributed by atoms with Crippen LogP contribution in [0.25, 0.3) is 22.2 Å². The van der Waals surface area contributed by atoms with Crippen LogP contribution in [0.5, 0.6) is 0 Å². The number of rotatable bonds is 4. The molecule has 1 N–H and O–H groups in total. The lowest BCUT2D eigenvalue weighted by Crippen LogP contribution is -2.32. The van der Waals surface area contributed by atoms with Gasteiger partial charge >= 0.3 is 5.97 Å². The molecule has 2 aliphatic carbocycles. The van der Waals surface area contributed by atoms with Gasteiger partial charge in [-0.3, -0.25) is 14.5 Å². The molecule has 1 saturated heterocycles. The molecule has 6 rings (SSSR count). The molecule has 4 unspecified atom stereocenters. The second kappa shape index (κ2) is 7.60. The summed E-state index contributed by atoms with van der Waals surface area (Å²) in [6.45, 7) is 2.01. The molecule has 2 fully saturated rings. The molecule has 2 aromatic carbocycles. The predicted molar refractivity (Wildman–Crippen MR) is 131 cm³/mol. The first kappa shape index (κ1) is 21.2. The van der Waals surface area contributed by atoms with E-state index >= 15 is 0 Å². The molecule has 2 amide bonds. The molecule has 1 aliphatic heterocycles. The van der Waals surface area contributed by atoms with E-state index in [0.717, 1.165) is 22.0 Å². The monoisotopic (exact) mass is 516 g/mol. The topological polar surface area (TPSA) is 87.6 Å². The summed E-state index contributed by atoms with van der Waals surface area (Å²) in [4.78, 5) is 44.3. The maximum atomic E-state index is 13.1. The number of halogens is 1. The number of fused-ring (bicyclic) bond motifs is 6. The number of allylic oxidation sites excluding steroid dienone is 2. The van der Waals surface area contributed by atoms with Crippen molar-refractivity contribution in [2.45, 2.75) is 19.8 Å². The fourth-order valence-corrected chi connectivity index (χ4v) is 6.40. The van der Waals surface area contributed by atoms with Crippen LogP contribution in [-0.4, -0.2) is 27.9 Å². The van der Waals surface area contributed by atoms with Crippen LogP contribution in [0.1, 0.15) is 29.3 Å². The van der Waals surface area contributed by atoms with Gasteiger partial charge in [0.15, 0.2) is 0 Å². The number of carboxylic acids is 1. The van der Waals surface area contributed by atoms with Gasteiger partial charge in [-0.2, -0.15) is 0 Å². The standard InChI is InChI=1S/C27H21BrN2O4/c1-2-13-10-17(28)11-19-20(27(33)34)12-21(29-24(13)19)14-5-7-18(8-6-14)30-25(31)22-15-3-4-16(9-15)23(22)26(30)32/h3-8,10-12,15-16,22-23H,2,9H2,1H3,(H,33,34). The maximum absolute atomic E-state index is 13.1. The van der Waals surface area contributed by atoms with Gasteiger partial charge in [0, 0.05) is 15.4 Å². The zero-order valence-electron chi connectivity index (χ0n) is 18.4. The molecule has 1 saturated carbocycles. The molecular weight excluding hydrogens is 496 g/mol. The summed E-state index contributed by atoms with van der Waals surface area (Å²) in [5.74, 6) is -1.40. The maximum Gasteiger partial charge on any atom is 0.336 e. The third-order valence-electron chi connectivity index (χ3n) is 7.46. The number of carboxylic acid groups (broad SMARTS) is 1. The molecule has 34 heavy (non-hydrogen) atoms. The first-order valence-electron chi connectivity index (χ1n) is 11.4. The van der Waals surface area contributed by atoms with E-state index in [9.17, 15) is 19.5 Å². The van der Waals surface area contributed by atoms with E-state index in [1.54, 1.807) is 36.4 Å². The number of aryl methyl sites for hydroxylation is 1. The van der Waals surface area contributed by atoms with E-state index in [0.29, 0.717) is 28.7 Å². The minimum absolute atomic E-state index is 0.116. The number of hydrogen-bond donors (Lipinski definition) is 1. The highest BCUT2D eigenvalue weighted by Gasteiger charge is 2.59. The number of aromatic carboxylic acids is 1. The Hall–Kier alpha value is -3.32. The fraction of sp³-hybridized carbons (Fsp3) is 0.259. The summed E-state index contributed by atoms with van der Waals surface area (Å²) < 4.78 is 0.812. The van der Waals surface area contributed by atoms with E-state index in [4.69, 9.17) is 4.98 Å². The van der Waals surface area contributed by atoms with Gasteiger partial charge in [0.2, 0.25) is 11.8 Å². The van der Waals surface area contributed by atoms with Gasteiger partial charge in [0.1, 0.15) is 0 Å². The Morgan fingerprint density at radius 2 is 1.71 bits per heavy atom.